The average molecular weight is 249 g/mol. The zero-order chi connectivity index (χ0) is 11.6. The van der Waals surface area contributed by atoms with Crippen molar-refractivity contribution in [2.75, 3.05) is 19.0 Å². The maximum Gasteiger partial charge on any atom is 0.214 e. The number of aliphatic hydroxyl groups is 1. The van der Waals surface area contributed by atoms with Crippen LogP contribution in [0.5, 0.6) is 0 Å². The van der Waals surface area contributed by atoms with E-state index in [1.54, 1.807) is 0 Å². The van der Waals surface area contributed by atoms with Crippen LogP contribution in [0.25, 0.3) is 0 Å². The number of sulfonamides is 1. The topological polar surface area (TPSA) is 75.6 Å². The van der Waals surface area contributed by atoms with Gasteiger partial charge in [0.1, 0.15) is 0 Å². The Morgan fingerprint density at radius 3 is 2.56 bits per heavy atom. The molecule has 0 spiro atoms. The van der Waals surface area contributed by atoms with E-state index in [4.69, 9.17) is 4.74 Å². The van der Waals surface area contributed by atoms with E-state index < -0.39 is 15.6 Å². The van der Waals surface area contributed by atoms with E-state index in [9.17, 15) is 13.5 Å². The van der Waals surface area contributed by atoms with E-state index >= 15 is 0 Å². The summed E-state index contributed by atoms with van der Waals surface area (Å²) in [5.41, 5.74) is -0.586. The van der Waals surface area contributed by atoms with Crippen molar-refractivity contribution in [2.45, 2.75) is 43.7 Å². The average Bonchev–Trinajstić information content (AvgIpc) is 2.63. The third-order valence-electron chi connectivity index (χ3n) is 3.41. The molecule has 0 amide bonds. The fourth-order valence-corrected chi connectivity index (χ4v) is 4.05. The van der Waals surface area contributed by atoms with Gasteiger partial charge in [-0.3, -0.25) is 0 Å². The van der Waals surface area contributed by atoms with Crippen molar-refractivity contribution in [2.24, 2.45) is 0 Å². The maximum absolute atomic E-state index is 11.9. The van der Waals surface area contributed by atoms with Crippen molar-refractivity contribution in [1.82, 2.24) is 4.72 Å². The highest BCUT2D eigenvalue weighted by Gasteiger charge is 2.40. The summed E-state index contributed by atoms with van der Waals surface area (Å²) in [5.74, 6) is 0.0226. The molecule has 1 saturated carbocycles. The Morgan fingerprint density at radius 2 is 2.12 bits per heavy atom. The number of ether oxygens (including phenoxy) is 1. The lowest BCUT2D eigenvalue weighted by atomic mass is 9.78. The molecule has 2 fully saturated rings. The Balaban J connectivity index is 1.91. The zero-order valence-corrected chi connectivity index (χ0v) is 10.1. The molecular formula is C10H19NO4S. The number of hydrogen-bond acceptors (Lipinski definition) is 4. The Hall–Kier alpha value is -0.170. The summed E-state index contributed by atoms with van der Waals surface area (Å²) in [7, 11) is -3.33. The summed E-state index contributed by atoms with van der Waals surface area (Å²) in [4.78, 5) is 0. The van der Waals surface area contributed by atoms with Crippen LogP contribution in [0.15, 0.2) is 0 Å². The molecule has 0 aromatic heterocycles. The smallest absolute Gasteiger partial charge is 0.214 e. The molecule has 2 N–H and O–H groups in total. The van der Waals surface area contributed by atoms with Gasteiger partial charge in [0.25, 0.3) is 0 Å². The number of nitrogens with one attached hydrogen (secondary N) is 1. The second-order valence-electron chi connectivity index (χ2n) is 4.81. The van der Waals surface area contributed by atoms with Gasteiger partial charge < -0.3 is 9.84 Å². The van der Waals surface area contributed by atoms with E-state index in [0.29, 0.717) is 6.61 Å². The van der Waals surface area contributed by atoms with E-state index in [1.165, 1.54) is 0 Å². The van der Waals surface area contributed by atoms with Crippen LogP contribution in [0.3, 0.4) is 0 Å². The van der Waals surface area contributed by atoms with Crippen molar-refractivity contribution in [3.05, 3.63) is 0 Å². The molecule has 2 rings (SSSR count). The van der Waals surface area contributed by atoms with Crippen LogP contribution in [0.2, 0.25) is 0 Å². The van der Waals surface area contributed by atoms with Gasteiger partial charge in [0, 0.05) is 6.61 Å². The summed E-state index contributed by atoms with van der Waals surface area (Å²) >= 11 is 0. The molecule has 1 atom stereocenters. The molecule has 1 aliphatic heterocycles. The van der Waals surface area contributed by atoms with E-state index in [-0.39, 0.29) is 18.5 Å². The molecule has 0 aromatic rings. The molecule has 1 heterocycles. The van der Waals surface area contributed by atoms with Gasteiger partial charge in [0.15, 0.2) is 0 Å². The molecule has 1 aliphatic carbocycles. The highest BCUT2D eigenvalue weighted by Crippen LogP contribution is 2.32. The van der Waals surface area contributed by atoms with E-state index in [1.807, 2.05) is 0 Å². The van der Waals surface area contributed by atoms with Gasteiger partial charge in [0.05, 0.1) is 24.0 Å². The van der Waals surface area contributed by atoms with Gasteiger partial charge in [-0.25, -0.2) is 13.1 Å². The predicted octanol–water partition coefficient (Wildman–Crippen LogP) is -0.000200. The minimum absolute atomic E-state index is 0.0226. The molecule has 1 unspecified atom stereocenters. The molecule has 16 heavy (non-hydrogen) atoms. The van der Waals surface area contributed by atoms with E-state index in [2.05, 4.69) is 4.72 Å². The SMILES string of the molecule is O=S(=O)(CC1CCCO1)NC1(CO)CCC1. The third-order valence-corrected chi connectivity index (χ3v) is 4.97. The standard InChI is InChI=1S/C10H19NO4S/c12-8-10(4-2-5-10)11-16(13,14)7-9-3-1-6-15-9/h9,11-12H,1-8H2. The fraction of sp³-hybridized carbons (Fsp3) is 1.00. The predicted molar refractivity (Wildman–Crippen MR) is 59.6 cm³/mol. The van der Waals surface area contributed by atoms with E-state index in [0.717, 1.165) is 32.1 Å². The third kappa shape index (κ3) is 2.74. The van der Waals surface area contributed by atoms with Crippen molar-refractivity contribution >= 4 is 10.0 Å². The zero-order valence-electron chi connectivity index (χ0n) is 9.31. The second-order valence-corrected chi connectivity index (χ2v) is 6.58. The van der Waals surface area contributed by atoms with Crippen LogP contribution >= 0.6 is 0 Å². The fourth-order valence-electron chi connectivity index (χ4n) is 2.29. The first-order valence-electron chi connectivity index (χ1n) is 5.79. The normalized spacial score (nSPS) is 28.9. The highest BCUT2D eigenvalue weighted by molar-refractivity contribution is 7.89. The van der Waals surface area contributed by atoms with Crippen molar-refractivity contribution in [1.29, 1.82) is 0 Å². The Morgan fingerprint density at radius 1 is 1.38 bits per heavy atom. The van der Waals surface area contributed by atoms with Crippen LogP contribution in [0.4, 0.5) is 0 Å². The molecule has 2 aliphatic rings. The number of aliphatic hydroxyl groups excluding tert-OH is 1. The van der Waals surface area contributed by atoms with Gasteiger partial charge in [0.2, 0.25) is 10.0 Å². The van der Waals surface area contributed by atoms with Crippen molar-refractivity contribution in [3.63, 3.8) is 0 Å². The molecule has 1 saturated heterocycles. The lowest BCUT2D eigenvalue weighted by Crippen LogP contribution is -2.57. The largest absolute Gasteiger partial charge is 0.394 e. The number of hydrogen-bond donors (Lipinski definition) is 2. The molecule has 0 radical (unpaired) electrons. The van der Waals surface area contributed by atoms with Crippen LogP contribution in [-0.4, -0.2) is 44.1 Å². The summed E-state index contributed by atoms with van der Waals surface area (Å²) in [6, 6.07) is 0. The molecule has 5 nitrogen and oxygen atoms in total. The summed E-state index contributed by atoms with van der Waals surface area (Å²) < 4.78 is 31.6. The number of rotatable bonds is 5. The lowest BCUT2D eigenvalue weighted by Gasteiger charge is -2.40. The molecule has 0 aromatic carbocycles. The Labute approximate surface area is 96.2 Å². The molecule has 0 bridgehead atoms. The van der Waals surface area contributed by atoms with Gasteiger partial charge in [-0.2, -0.15) is 0 Å². The first-order valence-corrected chi connectivity index (χ1v) is 7.45. The molecular weight excluding hydrogens is 230 g/mol. The Kier molecular flexibility index (Phi) is 3.53. The minimum atomic E-state index is -3.33. The monoisotopic (exact) mass is 249 g/mol. The first-order chi connectivity index (χ1) is 7.55. The van der Waals surface area contributed by atoms with Gasteiger partial charge in [-0.05, 0) is 32.1 Å². The quantitative estimate of drug-likeness (QED) is 0.719. The van der Waals surface area contributed by atoms with Crippen LogP contribution in [0, 0.1) is 0 Å². The van der Waals surface area contributed by atoms with Gasteiger partial charge in [-0.1, -0.05) is 0 Å². The van der Waals surface area contributed by atoms with Gasteiger partial charge in [-0.15, -0.1) is 0 Å². The first kappa shape index (κ1) is 12.3. The van der Waals surface area contributed by atoms with Crippen molar-refractivity contribution < 1.29 is 18.3 Å². The summed E-state index contributed by atoms with van der Waals surface area (Å²) in [6.07, 6.45) is 4.01. The van der Waals surface area contributed by atoms with Crippen LogP contribution in [0.1, 0.15) is 32.1 Å². The minimum Gasteiger partial charge on any atom is -0.394 e. The molecule has 94 valence electrons. The lowest BCUT2D eigenvalue weighted by molar-refractivity contribution is 0.108. The maximum atomic E-state index is 11.9. The van der Waals surface area contributed by atoms with Crippen LogP contribution in [-0.2, 0) is 14.8 Å². The van der Waals surface area contributed by atoms with Gasteiger partial charge >= 0.3 is 0 Å². The van der Waals surface area contributed by atoms with Crippen molar-refractivity contribution in [3.8, 4) is 0 Å². The highest BCUT2D eigenvalue weighted by atomic mass is 32.2. The summed E-state index contributed by atoms with van der Waals surface area (Å²) in [5, 5.41) is 9.20. The summed E-state index contributed by atoms with van der Waals surface area (Å²) in [6.45, 7) is 0.545. The van der Waals surface area contributed by atoms with Crippen LogP contribution < -0.4 is 4.72 Å². The second kappa shape index (κ2) is 4.60. The molecule has 6 heteroatoms. The Bertz CT molecular complexity index is 325.